The lowest BCUT2D eigenvalue weighted by Crippen LogP contribution is -2.25. The highest BCUT2D eigenvalue weighted by Gasteiger charge is 2.17. The van der Waals surface area contributed by atoms with Crippen molar-refractivity contribution in [2.75, 3.05) is 7.11 Å². The van der Waals surface area contributed by atoms with Crippen LogP contribution in [0.3, 0.4) is 0 Å². The van der Waals surface area contributed by atoms with Crippen molar-refractivity contribution in [1.29, 1.82) is 0 Å². The molecule has 1 aromatic heterocycles. The first-order valence-electron chi connectivity index (χ1n) is 6.75. The molecule has 0 saturated heterocycles. The van der Waals surface area contributed by atoms with Crippen molar-refractivity contribution in [2.45, 2.75) is 13.5 Å². The van der Waals surface area contributed by atoms with Gasteiger partial charge in [0.15, 0.2) is 0 Å². The van der Waals surface area contributed by atoms with E-state index in [1.54, 1.807) is 23.9 Å². The van der Waals surface area contributed by atoms with Gasteiger partial charge in [0.1, 0.15) is 5.75 Å². The predicted octanol–water partition coefficient (Wildman–Crippen LogP) is 1.58. The molecule has 0 spiro atoms. The number of ether oxygens (including phenoxy) is 1. The molecule has 1 amide bonds. The Morgan fingerprint density at radius 2 is 1.95 bits per heavy atom. The predicted molar refractivity (Wildman–Crippen MR) is 82.6 cm³/mol. The summed E-state index contributed by atoms with van der Waals surface area (Å²) >= 11 is 0. The molecule has 0 fully saturated rings. The maximum Gasteiger partial charge on any atom is 0.291 e. The number of amides is 1. The zero-order valence-electron chi connectivity index (χ0n) is 12.4. The summed E-state index contributed by atoms with van der Waals surface area (Å²) in [5.74, 6) is 5.01. The number of rotatable bonds is 4. The summed E-state index contributed by atoms with van der Waals surface area (Å²) in [4.78, 5) is 22.8. The minimum absolute atomic E-state index is 0.255. The molecule has 0 atom stereocenters. The van der Waals surface area contributed by atoms with Crippen molar-refractivity contribution < 1.29 is 14.3 Å². The van der Waals surface area contributed by atoms with Crippen LogP contribution in [0.25, 0.3) is 0 Å². The van der Waals surface area contributed by atoms with Crippen molar-refractivity contribution in [2.24, 2.45) is 5.73 Å². The zero-order valence-corrected chi connectivity index (χ0v) is 12.4. The number of aryl methyl sites for hydroxylation is 1. The first-order valence-corrected chi connectivity index (χ1v) is 6.75. The van der Waals surface area contributed by atoms with E-state index >= 15 is 0 Å². The van der Waals surface area contributed by atoms with Crippen LogP contribution < -0.4 is 10.5 Å². The van der Waals surface area contributed by atoms with E-state index < -0.39 is 11.7 Å². The summed E-state index contributed by atoms with van der Waals surface area (Å²) in [5.41, 5.74) is 6.75. The van der Waals surface area contributed by atoms with Crippen molar-refractivity contribution in [3.05, 3.63) is 53.3 Å². The fourth-order valence-corrected chi connectivity index (χ4v) is 2.00. The Bertz CT molecular complexity index is 779. The van der Waals surface area contributed by atoms with Gasteiger partial charge in [0, 0.05) is 23.9 Å². The Hall–Kier alpha value is -3.00. The normalized spacial score (nSPS) is 9.73. The Morgan fingerprint density at radius 3 is 2.59 bits per heavy atom. The van der Waals surface area contributed by atoms with E-state index in [0.717, 1.165) is 11.3 Å². The molecule has 5 heteroatoms. The summed E-state index contributed by atoms with van der Waals surface area (Å²) < 4.78 is 6.79. The van der Waals surface area contributed by atoms with E-state index in [9.17, 15) is 9.59 Å². The number of carbonyl (C=O) groups excluding carboxylic acids is 2. The van der Waals surface area contributed by atoms with Gasteiger partial charge in [0.2, 0.25) is 0 Å². The monoisotopic (exact) mass is 296 g/mol. The van der Waals surface area contributed by atoms with Gasteiger partial charge in [-0.2, -0.15) is 0 Å². The van der Waals surface area contributed by atoms with Gasteiger partial charge in [-0.25, -0.2) is 0 Å². The van der Waals surface area contributed by atoms with E-state index in [4.69, 9.17) is 10.5 Å². The molecule has 0 bridgehead atoms. The number of Topliss-reactive ketones (excluding diaryl/α,β-unsaturated/α-hetero) is 1. The molecular formula is C17H16N2O3. The Morgan fingerprint density at radius 1 is 1.23 bits per heavy atom. The number of benzene rings is 1. The fourth-order valence-electron chi connectivity index (χ4n) is 2.00. The molecule has 0 aliphatic rings. The van der Waals surface area contributed by atoms with Crippen LogP contribution in [0.15, 0.2) is 36.5 Å². The molecule has 2 rings (SSSR count). The smallest absolute Gasteiger partial charge is 0.291 e. The molecule has 22 heavy (non-hydrogen) atoms. The fraction of sp³-hybridized carbons (Fsp3) is 0.176. The first-order chi connectivity index (χ1) is 10.5. The molecule has 0 aliphatic heterocycles. The lowest BCUT2D eigenvalue weighted by molar-refractivity contribution is -0.114. The van der Waals surface area contributed by atoms with E-state index in [2.05, 4.69) is 11.8 Å². The number of nitrogens with two attached hydrogens (primary N) is 1. The number of carbonyl (C=O) groups is 2. The van der Waals surface area contributed by atoms with Gasteiger partial charge in [0.05, 0.1) is 12.8 Å². The highest BCUT2D eigenvalue weighted by atomic mass is 16.5. The Labute approximate surface area is 128 Å². The molecule has 0 aliphatic carbocycles. The van der Waals surface area contributed by atoms with Gasteiger partial charge in [-0.1, -0.05) is 17.9 Å². The standard InChI is InChI=1S/C17H16N2O3/c1-3-19-11-13(10-15(19)16(20)17(18)21)8-7-12-5-4-6-14(9-12)22-2/h4-6,9-11H,3H2,1-2H3,(H2,18,21). The van der Waals surface area contributed by atoms with Gasteiger partial charge >= 0.3 is 0 Å². The second kappa shape index (κ2) is 6.64. The summed E-state index contributed by atoms with van der Waals surface area (Å²) in [6.07, 6.45) is 1.73. The molecule has 1 heterocycles. The number of aromatic nitrogens is 1. The lowest BCUT2D eigenvalue weighted by Gasteiger charge is -2.01. The Balaban J connectivity index is 2.33. The number of ketones is 1. The van der Waals surface area contributed by atoms with Crippen LogP contribution in [0.2, 0.25) is 0 Å². The van der Waals surface area contributed by atoms with Crippen LogP contribution in [0.5, 0.6) is 5.75 Å². The van der Waals surface area contributed by atoms with Crippen LogP contribution in [-0.2, 0) is 11.3 Å². The van der Waals surface area contributed by atoms with E-state index in [1.165, 1.54) is 0 Å². The van der Waals surface area contributed by atoms with Gasteiger partial charge in [0.25, 0.3) is 11.7 Å². The summed E-state index contributed by atoms with van der Waals surface area (Å²) in [5, 5.41) is 0. The minimum Gasteiger partial charge on any atom is -0.497 e. The third kappa shape index (κ3) is 3.36. The molecule has 1 aromatic carbocycles. The molecule has 0 radical (unpaired) electrons. The molecule has 2 aromatic rings. The van der Waals surface area contributed by atoms with Crippen LogP contribution >= 0.6 is 0 Å². The second-order valence-electron chi connectivity index (χ2n) is 4.58. The summed E-state index contributed by atoms with van der Waals surface area (Å²) in [6, 6.07) is 8.94. The molecule has 0 saturated carbocycles. The minimum atomic E-state index is -0.972. The number of nitrogens with zero attached hydrogens (tertiary/aromatic N) is 1. The van der Waals surface area contributed by atoms with Gasteiger partial charge in [-0.3, -0.25) is 9.59 Å². The molecular weight excluding hydrogens is 280 g/mol. The van der Waals surface area contributed by atoms with Gasteiger partial charge in [-0.15, -0.1) is 0 Å². The molecule has 112 valence electrons. The molecule has 2 N–H and O–H groups in total. The molecule has 5 nitrogen and oxygen atoms in total. The lowest BCUT2D eigenvalue weighted by atomic mass is 10.2. The third-order valence-corrected chi connectivity index (χ3v) is 3.11. The van der Waals surface area contributed by atoms with Crippen LogP contribution in [0.4, 0.5) is 0 Å². The maximum absolute atomic E-state index is 11.7. The Kier molecular flexibility index (Phi) is 4.64. The zero-order chi connectivity index (χ0) is 16.1. The SMILES string of the molecule is CCn1cc(C#Cc2cccc(OC)c2)cc1C(=O)C(N)=O. The largest absolute Gasteiger partial charge is 0.497 e. The van der Waals surface area contributed by atoms with Crippen molar-refractivity contribution in [3.63, 3.8) is 0 Å². The average Bonchev–Trinajstić information content (AvgIpc) is 2.95. The van der Waals surface area contributed by atoms with Crippen LogP contribution in [-0.4, -0.2) is 23.4 Å². The van der Waals surface area contributed by atoms with Crippen molar-refractivity contribution >= 4 is 11.7 Å². The van der Waals surface area contributed by atoms with E-state index in [-0.39, 0.29) is 5.69 Å². The second-order valence-corrected chi connectivity index (χ2v) is 4.58. The van der Waals surface area contributed by atoms with Crippen molar-refractivity contribution in [3.8, 4) is 17.6 Å². The van der Waals surface area contributed by atoms with E-state index in [1.807, 2.05) is 31.2 Å². The quantitative estimate of drug-likeness (QED) is 0.529. The number of primary amides is 1. The van der Waals surface area contributed by atoms with Crippen LogP contribution in [0, 0.1) is 11.8 Å². The van der Waals surface area contributed by atoms with Gasteiger partial charge in [-0.05, 0) is 31.2 Å². The average molecular weight is 296 g/mol. The first kappa shape index (κ1) is 15.4. The van der Waals surface area contributed by atoms with Crippen LogP contribution in [0.1, 0.15) is 28.5 Å². The number of hydrogen-bond acceptors (Lipinski definition) is 3. The third-order valence-electron chi connectivity index (χ3n) is 3.11. The summed E-state index contributed by atoms with van der Waals surface area (Å²) in [6.45, 7) is 2.42. The van der Waals surface area contributed by atoms with Gasteiger partial charge < -0.3 is 15.0 Å². The highest BCUT2D eigenvalue weighted by Crippen LogP contribution is 2.12. The maximum atomic E-state index is 11.7. The number of hydrogen-bond donors (Lipinski definition) is 1. The molecule has 0 unspecified atom stereocenters. The van der Waals surface area contributed by atoms with Crippen molar-refractivity contribution in [1.82, 2.24) is 4.57 Å². The van der Waals surface area contributed by atoms with E-state index in [0.29, 0.717) is 12.1 Å². The summed E-state index contributed by atoms with van der Waals surface area (Å²) in [7, 11) is 1.59. The number of methoxy groups -OCH3 is 1. The highest BCUT2D eigenvalue weighted by molar-refractivity contribution is 6.41. The topological polar surface area (TPSA) is 74.3 Å².